The lowest BCUT2D eigenvalue weighted by Gasteiger charge is -2.28. The van der Waals surface area contributed by atoms with Crippen molar-refractivity contribution in [2.75, 3.05) is 0 Å². The molecule has 2 N–H and O–H groups in total. The van der Waals surface area contributed by atoms with Crippen LogP contribution in [0.15, 0.2) is 24.3 Å². The highest BCUT2D eigenvalue weighted by molar-refractivity contribution is 5.17. The highest BCUT2D eigenvalue weighted by Gasteiger charge is 2.20. The smallest absolute Gasteiger partial charge is 0.123 e. The Morgan fingerprint density at radius 1 is 1.40 bits per heavy atom. The maximum atomic E-state index is 12.9. The zero-order valence-electron chi connectivity index (χ0n) is 8.95. The van der Waals surface area contributed by atoms with Crippen molar-refractivity contribution in [3.8, 4) is 0 Å². The fraction of sp³-hybridized carbons (Fsp3) is 0.538. The molecule has 0 radical (unpaired) electrons. The van der Waals surface area contributed by atoms with Crippen molar-refractivity contribution in [1.82, 2.24) is 0 Å². The number of benzene rings is 1. The quantitative estimate of drug-likeness (QED) is 0.807. The van der Waals surface area contributed by atoms with Gasteiger partial charge in [-0.3, -0.25) is 0 Å². The lowest BCUT2D eigenvalue weighted by Crippen LogP contribution is -2.28. The van der Waals surface area contributed by atoms with E-state index in [1.807, 2.05) is 6.07 Å². The summed E-state index contributed by atoms with van der Waals surface area (Å²) in [6, 6.07) is 6.95. The van der Waals surface area contributed by atoms with Crippen molar-refractivity contribution in [2.24, 2.45) is 11.7 Å². The number of hydrogen-bond acceptors (Lipinski definition) is 1. The first-order valence-corrected chi connectivity index (χ1v) is 5.74. The van der Waals surface area contributed by atoms with E-state index in [9.17, 15) is 4.39 Å². The normalized spacial score (nSPS) is 18.5. The average Bonchev–Trinajstić information content (AvgIpc) is 2.11. The number of nitrogens with two attached hydrogens (primary N) is 1. The van der Waals surface area contributed by atoms with Crippen molar-refractivity contribution >= 4 is 0 Å². The maximum absolute atomic E-state index is 12.9. The Bertz CT molecular complexity index is 320. The van der Waals surface area contributed by atoms with Gasteiger partial charge in [0, 0.05) is 6.04 Å². The Morgan fingerprint density at radius 3 is 2.80 bits per heavy atom. The molecular weight excluding hydrogens is 189 g/mol. The summed E-state index contributed by atoms with van der Waals surface area (Å²) in [7, 11) is 0. The van der Waals surface area contributed by atoms with Crippen molar-refractivity contribution < 1.29 is 4.39 Å². The summed E-state index contributed by atoms with van der Waals surface area (Å²) in [5.41, 5.74) is 7.06. The highest BCUT2D eigenvalue weighted by atomic mass is 19.1. The third-order valence-corrected chi connectivity index (χ3v) is 3.25. The molecule has 0 amide bonds. The van der Waals surface area contributed by atoms with Gasteiger partial charge in [-0.15, -0.1) is 0 Å². The SMILES string of the molecule is NC(Cc1cccc(F)c1)CC1CCC1. The average molecular weight is 207 g/mol. The van der Waals surface area contributed by atoms with Gasteiger partial charge in [-0.05, 0) is 36.5 Å². The summed E-state index contributed by atoms with van der Waals surface area (Å²) in [6.07, 6.45) is 5.91. The molecule has 0 heterocycles. The van der Waals surface area contributed by atoms with Gasteiger partial charge in [0.05, 0.1) is 0 Å². The second-order valence-corrected chi connectivity index (χ2v) is 4.63. The largest absolute Gasteiger partial charge is 0.327 e. The van der Waals surface area contributed by atoms with E-state index in [4.69, 9.17) is 5.73 Å². The van der Waals surface area contributed by atoms with Crippen LogP contribution in [0.4, 0.5) is 4.39 Å². The molecule has 0 aliphatic heterocycles. The van der Waals surface area contributed by atoms with Crippen LogP contribution < -0.4 is 5.73 Å². The Hall–Kier alpha value is -0.890. The van der Waals surface area contributed by atoms with Gasteiger partial charge in [-0.2, -0.15) is 0 Å². The molecule has 1 aliphatic carbocycles. The monoisotopic (exact) mass is 207 g/mol. The molecule has 1 aromatic rings. The molecular formula is C13H18FN. The van der Waals surface area contributed by atoms with Gasteiger partial charge in [0.15, 0.2) is 0 Å². The first-order chi connectivity index (χ1) is 7.24. The van der Waals surface area contributed by atoms with Crippen molar-refractivity contribution in [3.05, 3.63) is 35.6 Å². The third kappa shape index (κ3) is 3.03. The number of rotatable bonds is 4. The second kappa shape index (κ2) is 4.75. The summed E-state index contributed by atoms with van der Waals surface area (Å²) in [5.74, 6) is 0.664. The van der Waals surface area contributed by atoms with Gasteiger partial charge < -0.3 is 5.73 Å². The Balaban J connectivity index is 1.84. The van der Waals surface area contributed by atoms with E-state index in [-0.39, 0.29) is 11.9 Å². The van der Waals surface area contributed by atoms with Crippen LogP contribution in [0.2, 0.25) is 0 Å². The van der Waals surface area contributed by atoms with E-state index in [1.54, 1.807) is 12.1 Å². The lowest BCUT2D eigenvalue weighted by molar-refractivity contribution is 0.275. The van der Waals surface area contributed by atoms with Crippen LogP contribution >= 0.6 is 0 Å². The van der Waals surface area contributed by atoms with Crippen molar-refractivity contribution in [3.63, 3.8) is 0 Å². The predicted octanol–water partition coefficient (Wildman–Crippen LogP) is 2.89. The molecule has 1 fully saturated rings. The molecule has 0 bridgehead atoms. The molecule has 1 saturated carbocycles. The Labute approximate surface area is 90.5 Å². The fourth-order valence-corrected chi connectivity index (χ4v) is 2.21. The van der Waals surface area contributed by atoms with Crippen LogP contribution in [0.1, 0.15) is 31.2 Å². The molecule has 15 heavy (non-hydrogen) atoms. The van der Waals surface area contributed by atoms with Gasteiger partial charge in [0.1, 0.15) is 5.82 Å². The van der Waals surface area contributed by atoms with Crippen molar-refractivity contribution in [1.29, 1.82) is 0 Å². The molecule has 1 aliphatic rings. The molecule has 0 aromatic heterocycles. The molecule has 2 heteroatoms. The van der Waals surface area contributed by atoms with Gasteiger partial charge in [0.2, 0.25) is 0 Å². The summed E-state index contributed by atoms with van der Waals surface area (Å²) in [6.45, 7) is 0. The Kier molecular flexibility index (Phi) is 3.37. The van der Waals surface area contributed by atoms with Crippen LogP contribution in [0, 0.1) is 11.7 Å². The molecule has 1 aromatic carbocycles. The van der Waals surface area contributed by atoms with Crippen LogP contribution in [-0.4, -0.2) is 6.04 Å². The topological polar surface area (TPSA) is 26.0 Å². The zero-order valence-corrected chi connectivity index (χ0v) is 8.95. The first-order valence-electron chi connectivity index (χ1n) is 5.74. The minimum absolute atomic E-state index is 0.164. The minimum Gasteiger partial charge on any atom is -0.327 e. The number of hydrogen-bond donors (Lipinski definition) is 1. The summed E-state index contributed by atoms with van der Waals surface area (Å²) >= 11 is 0. The van der Waals surface area contributed by atoms with Crippen LogP contribution in [0.5, 0.6) is 0 Å². The lowest BCUT2D eigenvalue weighted by atomic mass is 9.80. The van der Waals surface area contributed by atoms with E-state index in [0.717, 1.165) is 24.3 Å². The predicted molar refractivity (Wildman–Crippen MR) is 60.0 cm³/mol. The van der Waals surface area contributed by atoms with Gasteiger partial charge in [-0.25, -0.2) is 4.39 Å². The van der Waals surface area contributed by atoms with Gasteiger partial charge in [-0.1, -0.05) is 31.4 Å². The molecule has 0 spiro atoms. The molecule has 1 atom stereocenters. The highest BCUT2D eigenvalue weighted by Crippen LogP contribution is 2.30. The van der Waals surface area contributed by atoms with Gasteiger partial charge >= 0.3 is 0 Å². The Morgan fingerprint density at radius 2 is 2.20 bits per heavy atom. The van der Waals surface area contributed by atoms with E-state index in [2.05, 4.69) is 0 Å². The summed E-state index contributed by atoms with van der Waals surface area (Å²) in [5, 5.41) is 0. The molecule has 1 nitrogen and oxygen atoms in total. The second-order valence-electron chi connectivity index (χ2n) is 4.63. The van der Waals surface area contributed by atoms with Crippen LogP contribution in [-0.2, 0) is 6.42 Å². The van der Waals surface area contributed by atoms with E-state index in [1.165, 1.54) is 25.3 Å². The summed E-state index contributed by atoms with van der Waals surface area (Å²) < 4.78 is 12.9. The number of halogens is 1. The van der Waals surface area contributed by atoms with E-state index in [0.29, 0.717) is 0 Å². The summed E-state index contributed by atoms with van der Waals surface area (Å²) in [4.78, 5) is 0. The molecule has 0 saturated heterocycles. The molecule has 82 valence electrons. The van der Waals surface area contributed by atoms with E-state index < -0.39 is 0 Å². The van der Waals surface area contributed by atoms with Gasteiger partial charge in [0.25, 0.3) is 0 Å². The fourth-order valence-electron chi connectivity index (χ4n) is 2.21. The molecule has 2 rings (SSSR count). The third-order valence-electron chi connectivity index (χ3n) is 3.25. The first kappa shape index (κ1) is 10.6. The van der Waals surface area contributed by atoms with Crippen molar-refractivity contribution in [2.45, 2.75) is 38.1 Å². The standard InChI is InChI=1S/C13H18FN/c14-12-6-2-5-11(7-12)9-13(15)8-10-3-1-4-10/h2,5-7,10,13H,1,3-4,8-9,15H2. The van der Waals surface area contributed by atoms with Crippen LogP contribution in [0.3, 0.4) is 0 Å². The maximum Gasteiger partial charge on any atom is 0.123 e. The molecule has 1 unspecified atom stereocenters. The van der Waals surface area contributed by atoms with E-state index >= 15 is 0 Å². The zero-order chi connectivity index (χ0) is 10.7. The minimum atomic E-state index is -0.164. The van der Waals surface area contributed by atoms with Crippen LogP contribution in [0.25, 0.3) is 0 Å².